The molecule has 17 heavy (non-hydrogen) atoms. The molecule has 2 rings (SSSR count). The molecule has 0 radical (unpaired) electrons. The largest absolute Gasteiger partial charge is 0.374 e. The van der Waals surface area contributed by atoms with Crippen LogP contribution < -0.4 is 5.73 Å². The summed E-state index contributed by atoms with van der Waals surface area (Å²) in [5, 5.41) is 0. The van der Waals surface area contributed by atoms with Crippen LogP contribution in [0.4, 0.5) is 0 Å². The average Bonchev–Trinajstić information content (AvgIpc) is 3.13. The Kier molecular flexibility index (Phi) is 4.79. The van der Waals surface area contributed by atoms with Gasteiger partial charge >= 0.3 is 0 Å². The van der Waals surface area contributed by atoms with Crippen LogP contribution in [0.1, 0.15) is 26.7 Å². The number of rotatable bonds is 6. The second-order valence-electron chi connectivity index (χ2n) is 5.60. The van der Waals surface area contributed by atoms with E-state index < -0.39 is 0 Å². The van der Waals surface area contributed by atoms with Gasteiger partial charge in [0.15, 0.2) is 0 Å². The van der Waals surface area contributed by atoms with Crippen molar-refractivity contribution in [2.45, 2.75) is 44.9 Å². The Morgan fingerprint density at radius 3 is 2.76 bits per heavy atom. The molecule has 1 heterocycles. The number of nitrogens with two attached hydrogens (primary N) is 1. The minimum absolute atomic E-state index is 0.373. The molecule has 0 bridgehead atoms. The topological polar surface area (TPSA) is 41.7 Å². The van der Waals surface area contributed by atoms with Crippen molar-refractivity contribution in [2.75, 3.05) is 39.3 Å². The quantitative estimate of drug-likeness (QED) is 0.736. The fourth-order valence-electron chi connectivity index (χ4n) is 2.61. The Balaban J connectivity index is 1.80. The van der Waals surface area contributed by atoms with Crippen LogP contribution >= 0.6 is 0 Å². The summed E-state index contributed by atoms with van der Waals surface area (Å²) in [5.74, 6) is 0. The Morgan fingerprint density at radius 1 is 1.41 bits per heavy atom. The van der Waals surface area contributed by atoms with Crippen molar-refractivity contribution in [2.24, 2.45) is 5.73 Å². The van der Waals surface area contributed by atoms with Gasteiger partial charge in [0.2, 0.25) is 0 Å². The zero-order chi connectivity index (χ0) is 12.3. The zero-order valence-electron chi connectivity index (χ0n) is 11.3. The molecule has 2 aliphatic rings. The summed E-state index contributed by atoms with van der Waals surface area (Å²) in [7, 11) is 0. The van der Waals surface area contributed by atoms with Gasteiger partial charge in [-0.05, 0) is 26.7 Å². The molecule has 100 valence electrons. The minimum Gasteiger partial charge on any atom is -0.374 e. The van der Waals surface area contributed by atoms with E-state index in [4.69, 9.17) is 10.5 Å². The van der Waals surface area contributed by atoms with Gasteiger partial charge < -0.3 is 10.5 Å². The van der Waals surface area contributed by atoms with Crippen molar-refractivity contribution in [3.8, 4) is 0 Å². The van der Waals surface area contributed by atoms with E-state index in [9.17, 15) is 0 Å². The second-order valence-corrected chi connectivity index (χ2v) is 5.60. The van der Waals surface area contributed by atoms with Gasteiger partial charge in [-0.15, -0.1) is 0 Å². The first-order chi connectivity index (χ1) is 8.20. The molecule has 1 aliphatic carbocycles. The molecule has 0 amide bonds. The third-order valence-corrected chi connectivity index (χ3v) is 3.82. The van der Waals surface area contributed by atoms with Crippen LogP contribution in [0.3, 0.4) is 0 Å². The molecule has 4 heteroatoms. The van der Waals surface area contributed by atoms with Gasteiger partial charge in [-0.2, -0.15) is 0 Å². The average molecular weight is 241 g/mol. The standard InChI is InChI=1S/C13H27N3O/c1-11(2)15-7-8-17-13(9-15)10-16(6-5-14)12-3-4-12/h11-13H,3-10,14H2,1-2H3. The molecule has 2 fully saturated rings. The molecule has 0 aromatic heterocycles. The second kappa shape index (κ2) is 6.14. The van der Waals surface area contributed by atoms with Gasteiger partial charge in [0.25, 0.3) is 0 Å². The van der Waals surface area contributed by atoms with Crippen LogP contribution in [0.25, 0.3) is 0 Å². The van der Waals surface area contributed by atoms with Crippen molar-refractivity contribution in [3.05, 3.63) is 0 Å². The van der Waals surface area contributed by atoms with Crippen LogP contribution in [0.5, 0.6) is 0 Å². The summed E-state index contributed by atoms with van der Waals surface area (Å²) in [6.45, 7) is 10.4. The molecule has 1 aliphatic heterocycles. The highest BCUT2D eigenvalue weighted by molar-refractivity contribution is 4.87. The normalized spacial score (nSPS) is 27.0. The van der Waals surface area contributed by atoms with Crippen LogP contribution in [-0.2, 0) is 4.74 Å². The van der Waals surface area contributed by atoms with Crippen LogP contribution in [0.2, 0.25) is 0 Å². The lowest BCUT2D eigenvalue weighted by Crippen LogP contribution is -2.50. The molecule has 1 saturated carbocycles. The molecule has 2 N–H and O–H groups in total. The van der Waals surface area contributed by atoms with Crippen molar-refractivity contribution in [3.63, 3.8) is 0 Å². The summed E-state index contributed by atoms with van der Waals surface area (Å²) >= 11 is 0. The fraction of sp³-hybridized carbons (Fsp3) is 1.00. The van der Waals surface area contributed by atoms with Gasteiger partial charge in [-0.3, -0.25) is 9.80 Å². The van der Waals surface area contributed by atoms with Gasteiger partial charge in [-0.1, -0.05) is 0 Å². The van der Waals surface area contributed by atoms with E-state index in [0.717, 1.165) is 45.4 Å². The molecule has 1 unspecified atom stereocenters. The van der Waals surface area contributed by atoms with Crippen molar-refractivity contribution < 1.29 is 4.74 Å². The molecular weight excluding hydrogens is 214 g/mol. The van der Waals surface area contributed by atoms with Crippen molar-refractivity contribution in [1.29, 1.82) is 0 Å². The number of hydrogen-bond acceptors (Lipinski definition) is 4. The van der Waals surface area contributed by atoms with E-state index in [-0.39, 0.29) is 0 Å². The summed E-state index contributed by atoms with van der Waals surface area (Å²) in [5.41, 5.74) is 5.68. The van der Waals surface area contributed by atoms with Gasteiger partial charge in [0, 0.05) is 44.8 Å². The highest BCUT2D eigenvalue weighted by Crippen LogP contribution is 2.27. The number of ether oxygens (including phenoxy) is 1. The number of nitrogens with zero attached hydrogens (tertiary/aromatic N) is 2. The molecule has 4 nitrogen and oxygen atoms in total. The predicted molar refractivity (Wildman–Crippen MR) is 70.1 cm³/mol. The first-order valence-corrected chi connectivity index (χ1v) is 7.00. The van der Waals surface area contributed by atoms with Crippen LogP contribution in [-0.4, -0.2) is 67.3 Å². The van der Waals surface area contributed by atoms with Crippen molar-refractivity contribution in [1.82, 2.24) is 9.80 Å². The van der Waals surface area contributed by atoms with Gasteiger partial charge in [-0.25, -0.2) is 0 Å². The monoisotopic (exact) mass is 241 g/mol. The lowest BCUT2D eigenvalue weighted by Gasteiger charge is -2.37. The van der Waals surface area contributed by atoms with E-state index >= 15 is 0 Å². The maximum Gasteiger partial charge on any atom is 0.0829 e. The molecule has 0 aromatic carbocycles. The van der Waals surface area contributed by atoms with E-state index in [1.54, 1.807) is 0 Å². The molecule has 1 atom stereocenters. The van der Waals surface area contributed by atoms with Gasteiger partial charge in [0.05, 0.1) is 12.7 Å². The highest BCUT2D eigenvalue weighted by atomic mass is 16.5. The lowest BCUT2D eigenvalue weighted by atomic mass is 10.2. The number of hydrogen-bond donors (Lipinski definition) is 1. The summed E-state index contributed by atoms with van der Waals surface area (Å²) < 4.78 is 5.89. The Morgan fingerprint density at radius 2 is 2.18 bits per heavy atom. The third-order valence-electron chi connectivity index (χ3n) is 3.82. The maximum atomic E-state index is 5.89. The molecule has 0 aromatic rings. The summed E-state index contributed by atoms with van der Waals surface area (Å²) in [6, 6.07) is 1.42. The highest BCUT2D eigenvalue weighted by Gasteiger charge is 2.32. The van der Waals surface area contributed by atoms with Crippen LogP contribution in [0.15, 0.2) is 0 Å². The van der Waals surface area contributed by atoms with Crippen LogP contribution in [0, 0.1) is 0 Å². The molecule has 0 spiro atoms. The Hall–Kier alpha value is -0.160. The zero-order valence-corrected chi connectivity index (χ0v) is 11.3. The summed E-state index contributed by atoms with van der Waals surface area (Å²) in [4.78, 5) is 5.04. The van der Waals surface area contributed by atoms with E-state index in [1.807, 2.05) is 0 Å². The van der Waals surface area contributed by atoms with E-state index in [2.05, 4.69) is 23.6 Å². The minimum atomic E-state index is 0.373. The van der Waals surface area contributed by atoms with Crippen molar-refractivity contribution >= 4 is 0 Å². The molecule has 1 saturated heterocycles. The first kappa shape index (κ1) is 13.3. The van der Waals surface area contributed by atoms with E-state index in [1.165, 1.54) is 12.8 Å². The fourth-order valence-corrected chi connectivity index (χ4v) is 2.61. The molecular formula is C13H27N3O. The smallest absolute Gasteiger partial charge is 0.0829 e. The predicted octanol–water partition coefficient (Wildman–Crippen LogP) is 0.519. The third kappa shape index (κ3) is 3.91. The summed E-state index contributed by atoms with van der Waals surface area (Å²) in [6.07, 6.45) is 3.07. The maximum absolute atomic E-state index is 5.89. The first-order valence-electron chi connectivity index (χ1n) is 7.00. The number of morpholine rings is 1. The van der Waals surface area contributed by atoms with Gasteiger partial charge in [0.1, 0.15) is 0 Å². The SMILES string of the molecule is CC(C)N1CCOC(CN(CCN)C2CC2)C1. The Labute approximate surface area is 105 Å². The van der Waals surface area contributed by atoms with E-state index in [0.29, 0.717) is 12.1 Å². The lowest BCUT2D eigenvalue weighted by molar-refractivity contribution is -0.0527. The Bertz CT molecular complexity index is 231.